The molecule has 1 aromatic heterocycles. The summed E-state index contributed by atoms with van der Waals surface area (Å²) in [6.07, 6.45) is 2.74. The molecule has 1 rings (SSSR count). The molecule has 1 unspecified atom stereocenters. The van der Waals surface area contributed by atoms with E-state index in [0.29, 0.717) is 0 Å². The molecule has 0 aliphatic rings. The number of rotatable bonds is 4. The first-order valence-corrected chi connectivity index (χ1v) is 5.99. The Morgan fingerprint density at radius 2 is 2.27 bits per heavy atom. The molecule has 0 bridgehead atoms. The highest BCUT2D eigenvalue weighted by atomic mass is 32.2. The fraction of sp³-hybridized carbons (Fsp3) is 0.556. The summed E-state index contributed by atoms with van der Waals surface area (Å²) in [6, 6.07) is 0.888. The Labute approximate surface area is 91.1 Å². The first-order chi connectivity index (χ1) is 7.06. The maximum Gasteiger partial charge on any atom is 0.331 e. The summed E-state index contributed by atoms with van der Waals surface area (Å²) in [7, 11) is 0. The van der Waals surface area contributed by atoms with Crippen LogP contribution >= 0.6 is 11.8 Å². The lowest BCUT2D eigenvalue weighted by Gasteiger charge is -2.14. The molecule has 1 heterocycles. The molecular formula is C9H14N2O3S. The third-order valence-electron chi connectivity index (χ3n) is 2.14. The second-order valence-corrected chi connectivity index (χ2v) is 4.28. The van der Waals surface area contributed by atoms with E-state index in [1.165, 1.54) is 4.57 Å². The number of aromatic nitrogens is 2. The van der Waals surface area contributed by atoms with Gasteiger partial charge in [0.15, 0.2) is 0 Å². The van der Waals surface area contributed by atoms with Crippen molar-refractivity contribution >= 4 is 11.8 Å². The lowest BCUT2D eigenvalue weighted by atomic mass is 10.2. The van der Waals surface area contributed by atoms with E-state index in [2.05, 4.69) is 4.98 Å². The second kappa shape index (κ2) is 5.06. The van der Waals surface area contributed by atoms with Gasteiger partial charge in [0.05, 0.1) is 6.07 Å². The highest BCUT2D eigenvalue weighted by Gasteiger charge is 2.11. The molecule has 0 aromatic carbocycles. The van der Waals surface area contributed by atoms with Crippen LogP contribution in [-0.4, -0.2) is 26.7 Å². The van der Waals surface area contributed by atoms with Gasteiger partial charge in [0.2, 0.25) is 5.88 Å². The predicted octanol–water partition coefficient (Wildman–Crippen LogP) is 0.556. The van der Waals surface area contributed by atoms with E-state index in [1.54, 1.807) is 11.8 Å². The molecule has 2 N–H and O–H groups in total. The van der Waals surface area contributed by atoms with Crippen molar-refractivity contribution in [3.8, 4) is 5.88 Å². The van der Waals surface area contributed by atoms with Gasteiger partial charge in [-0.15, -0.1) is 0 Å². The summed E-state index contributed by atoms with van der Waals surface area (Å²) in [5, 5.41) is 9.48. The second-order valence-electron chi connectivity index (χ2n) is 3.30. The van der Waals surface area contributed by atoms with Crippen LogP contribution in [0, 0.1) is 0 Å². The van der Waals surface area contributed by atoms with Gasteiger partial charge in [-0.1, -0.05) is 0 Å². The Morgan fingerprint density at radius 3 is 2.80 bits per heavy atom. The zero-order valence-electron chi connectivity index (χ0n) is 8.69. The maximum atomic E-state index is 11.4. The predicted molar refractivity (Wildman–Crippen MR) is 60.7 cm³/mol. The van der Waals surface area contributed by atoms with Gasteiger partial charge >= 0.3 is 5.69 Å². The number of H-pyrrole nitrogens is 1. The average Bonchev–Trinajstić information content (AvgIpc) is 2.12. The van der Waals surface area contributed by atoms with Crippen molar-refractivity contribution in [1.82, 2.24) is 9.55 Å². The quantitative estimate of drug-likeness (QED) is 0.792. The number of hydrogen-bond acceptors (Lipinski definition) is 4. The minimum absolute atomic E-state index is 0.123. The van der Waals surface area contributed by atoms with Crippen LogP contribution in [0.4, 0.5) is 0 Å². The molecule has 0 aliphatic carbocycles. The first-order valence-electron chi connectivity index (χ1n) is 4.60. The van der Waals surface area contributed by atoms with Crippen LogP contribution in [-0.2, 0) is 0 Å². The fourth-order valence-corrected chi connectivity index (χ4v) is 1.91. The number of aromatic hydroxyl groups is 1. The number of nitrogens with one attached hydrogen (secondary N) is 1. The van der Waals surface area contributed by atoms with Gasteiger partial charge in [0, 0.05) is 6.04 Å². The van der Waals surface area contributed by atoms with Crippen molar-refractivity contribution in [3.05, 3.63) is 26.9 Å². The van der Waals surface area contributed by atoms with Crippen molar-refractivity contribution in [2.75, 3.05) is 12.0 Å². The summed E-state index contributed by atoms with van der Waals surface area (Å²) >= 11 is 1.67. The van der Waals surface area contributed by atoms with E-state index in [0.717, 1.165) is 18.2 Å². The topological polar surface area (TPSA) is 75.1 Å². The largest absolute Gasteiger partial charge is 0.494 e. The molecule has 84 valence electrons. The fourth-order valence-electron chi connectivity index (χ4n) is 1.34. The highest BCUT2D eigenvalue weighted by molar-refractivity contribution is 7.98. The molecule has 5 nitrogen and oxygen atoms in total. The highest BCUT2D eigenvalue weighted by Crippen LogP contribution is 2.15. The van der Waals surface area contributed by atoms with Crippen LogP contribution in [0.5, 0.6) is 5.88 Å². The lowest BCUT2D eigenvalue weighted by Crippen LogP contribution is -2.31. The van der Waals surface area contributed by atoms with E-state index < -0.39 is 11.2 Å². The summed E-state index contributed by atoms with van der Waals surface area (Å²) < 4.78 is 1.19. The van der Waals surface area contributed by atoms with Crippen LogP contribution in [0.25, 0.3) is 0 Å². The van der Waals surface area contributed by atoms with Crippen molar-refractivity contribution in [2.45, 2.75) is 19.4 Å². The Hall–Kier alpha value is -1.17. The van der Waals surface area contributed by atoms with E-state index in [4.69, 9.17) is 0 Å². The third kappa shape index (κ3) is 2.89. The van der Waals surface area contributed by atoms with Gasteiger partial charge < -0.3 is 5.11 Å². The Morgan fingerprint density at radius 1 is 1.60 bits per heavy atom. The molecule has 1 aromatic rings. The third-order valence-corrected chi connectivity index (χ3v) is 2.78. The summed E-state index contributed by atoms with van der Waals surface area (Å²) in [5.41, 5.74) is -1.14. The molecule has 0 radical (unpaired) electrons. The van der Waals surface area contributed by atoms with Crippen molar-refractivity contribution in [1.29, 1.82) is 0 Å². The van der Waals surface area contributed by atoms with Crippen molar-refractivity contribution < 1.29 is 5.11 Å². The minimum atomic E-state index is -0.578. The molecule has 0 fully saturated rings. The lowest BCUT2D eigenvalue weighted by molar-refractivity contribution is 0.368. The Bertz CT molecular complexity index is 438. The van der Waals surface area contributed by atoms with E-state index in [9.17, 15) is 14.7 Å². The summed E-state index contributed by atoms with van der Waals surface area (Å²) in [4.78, 5) is 24.4. The van der Waals surface area contributed by atoms with Crippen molar-refractivity contribution in [2.24, 2.45) is 0 Å². The van der Waals surface area contributed by atoms with Crippen LogP contribution in [0.2, 0.25) is 0 Å². The Balaban J connectivity index is 3.03. The molecule has 0 aliphatic heterocycles. The SMILES string of the molecule is CSCCC(C)n1c(O)cc(=O)[nH]c1=O. The van der Waals surface area contributed by atoms with Gasteiger partial charge in [-0.3, -0.25) is 14.3 Å². The van der Waals surface area contributed by atoms with Crippen LogP contribution in [0.15, 0.2) is 15.7 Å². The van der Waals surface area contributed by atoms with Gasteiger partial charge in [-0.05, 0) is 25.4 Å². The molecule has 6 heteroatoms. The van der Waals surface area contributed by atoms with E-state index in [1.807, 2.05) is 13.2 Å². The Kier molecular flexibility index (Phi) is 4.02. The molecule has 0 spiro atoms. The zero-order chi connectivity index (χ0) is 11.4. The molecule has 0 saturated carbocycles. The molecule has 0 saturated heterocycles. The minimum Gasteiger partial charge on any atom is -0.494 e. The van der Waals surface area contributed by atoms with E-state index >= 15 is 0 Å². The molecular weight excluding hydrogens is 216 g/mol. The number of nitrogens with zero attached hydrogens (tertiary/aromatic N) is 1. The van der Waals surface area contributed by atoms with Crippen LogP contribution < -0.4 is 11.2 Å². The van der Waals surface area contributed by atoms with Crippen LogP contribution in [0.1, 0.15) is 19.4 Å². The first kappa shape index (κ1) is 11.9. The number of hydrogen-bond donors (Lipinski definition) is 2. The average molecular weight is 230 g/mol. The maximum absolute atomic E-state index is 11.4. The number of thioether (sulfide) groups is 1. The van der Waals surface area contributed by atoms with Gasteiger partial charge in [0.1, 0.15) is 0 Å². The molecule has 0 amide bonds. The van der Waals surface area contributed by atoms with Crippen LogP contribution in [0.3, 0.4) is 0 Å². The summed E-state index contributed by atoms with van der Waals surface area (Å²) in [5.74, 6) is 0.615. The summed E-state index contributed by atoms with van der Waals surface area (Å²) in [6.45, 7) is 1.83. The van der Waals surface area contributed by atoms with Gasteiger partial charge in [-0.2, -0.15) is 11.8 Å². The van der Waals surface area contributed by atoms with Gasteiger partial charge in [-0.25, -0.2) is 4.79 Å². The normalized spacial score (nSPS) is 12.7. The monoisotopic (exact) mass is 230 g/mol. The van der Waals surface area contributed by atoms with E-state index in [-0.39, 0.29) is 11.9 Å². The van der Waals surface area contributed by atoms with Gasteiger partial charge in [0.25, 0.3) is 5.56 Å². The zero-order valence-corrected chi connectivity index (χ0v) is 9.50. The smallest absolute Gasteiger partial charge is 0.331 e. The van der Waals surface area contributed by atoms with Crippen molar-refractivity contribution in [3.63, 3.8) is 0 Å². The standard InChI is InChI=1S/C9H14N2O3S/c1-6(3-4-15-2)11-8(13)5-7(12)10-9(11)14/h5-6,13H,3-4H2,1-2H3,(H,10,12,14). The molecule has 1 atom stereocenters. The number of aromatic amines is 1. The molecule has 15 heavy (non-hydrogen) atoms.